The van der Waals surface area contributed by atoms with Gasteiger partial charge in [0.1, 0.15) is 13.2 Å². The molecule has 0 aromatic carbocycles. The molecule has 1 unspecified atom stereocenters. The third-order valence-electron chi connectivity index (χ3n) is 10.2. The lowest BCUT2D eigenvalue weighted by Crippen LogP contribution is -2.30. The fourth-order valence-corrected chi connectivity index (χ4v) is 6.42. The summed E-state index contributed by atoms with van der Waals surface area (Å²) in [7, 11) is 0. The average Bonchev–Trinajstić information content (AvgIpc) is 3.11. The van der Waals surface area contributed by atoms with E-state index < -0.39 is 6.10 Å². The van der Waals surface area contributed by atoms with E-state index in [-0.39, 0.29) is 31.1 Å². The standard InChI is InChI=1S/C44H84O6/c1-5-8-10-12-14-16-18-19-21-22-27-31-35-42(45)48-38-41(50-44(47)37-33-29-23-20-17-15-13-11-9-6-2)39-49-43(46)36-32-28-25-24-26-30-34-40(4)7-3/h40-41H,5-39H2,1-4H3/t40?,41-/m1/s1. The van der Waals surface area contributed by atoms with Crippen LogP contribution in [0.3, 0.4) is 0 Å². The molecule has 0 radical (unpaired) electrons. The van der Waals surface area contributed by atoms with Crippen LogP contribution in [0, 0.1) is 5.92 Å². The minimum Gasteiger partial charge on any atom is -0.462 e. The molecule has 0 rings (SSSR count). The maximum absolute atomic E-state index is 12.6. The van der Waals surface area contributed by atoms with Crippen molar-refractivity contribution in [2.24, 2.45) is 5.92 Å². The van der Waals surface area contributed by atoms with Gasteiger partial charge in [-0.05, 0) is 25.2 Å². The number of carbonyl (C=O) groups excluding carboxylic acids is 3. The molecule has 0 aromatic rings. The predicted octanol–water partition coefficient (Wildman–Crippen LogP) is 13.6. The molecule has 0 saturated carbocycles. The first-order valence-electron chi connectivity index (χ1n) is 21.9. The fourth-order valence-electron chi connectivity index (χ4n) is 6.42. The Bertz CT molecular complexity index is 753. The van der Waals surface area contributed by atoms with Gasteiger partial charge in [-0.3, -0.25) is 14.4 Å². The average molecular weight is 709 g/mol. The molecule has 6 nitrogen and oxygen atoms in total. The molecule has 0 N–H and O–H groups in total. The second kappa shape index (κ2) is 38.6. The number of hydrogen-bond acceptors (Lipinski definition) is 6. The van der Waals surface area contributed by atoms with Crippen molar-refractivity contribution in [2.75, 3.05) is 13.2 Å². The Labute approximate surface area is 310 Å². The number of rotatable bonds is 39. The third kappa shape index (κ3) is 36.2. The van der Waals surface area contributed by atoms with Gasteiger partial charge in [0.05, 0.1) is 0 Å². The van der Waals surface area contributed by atoms with E-state index in [4.69, 9.17) is 14.2 Å². The number of carbonyl (C=O) groups is 3. The maximum Gasteiger partial charge on any atom is 0.306 e. The van der Waals surface area contributed by atoms with Crippen LogP contribution in [-0.2, 0) is 28.6 Å². The van der Waals surface area contributed by atoms with Gasteiger partial charge in [-0.2, -0.15) is 0 Å². The summed E-state index contributed by atoms with van der Waals surface area (Å²) >= 11 is 0. The van der Waals surface area contributed by atoms with Crippen LogP contribution in [0.2, 0.25) is 0 Å². The molecule has 0 fully saturated rings. The first-order chi connectivity index (χ1) is 24.4. The SMILES string of the molecule is CCCCCCCCCCCCCCC(=O)OC[C@H](COC(=O)CCCCCCCCC(C)CC)OC(=O)CCCCCCCCCCCC. The highest BCUT2D eigenvalue weighted by atomic mass is 16.6. The Balaban J connectivity index is 4.34. The molecular formula is C44H84O6. The Hall–Kier alpha value is -1.59. The largest absolute Gasteiger partial charge is 0.462 e. The molecule has 0 aromatic heterocycles. The van der Waals surface area contributed by atoms with Crippen LogP contribution in [0.5, 0.6) is 0 Å². The van der Waals surface area contributed by atoms with Gasteiger partial charge in [0.15, 0.2) is 6.10 Å². The summed E-state index contributed by atoms with van der Waals surface area (Å²) < 4.78 is 16.7. The van der Waals surface area contributed by atoms with Crippen LogP contribution in [0.1, 0.15) is 240 Å². The van der Waals surface area contributed by atoms with E-state index in [1.807, 2.05) is 0 Å². The van der Waals surface area contributed by atoms with Crippen LogP contribution in [-0.4, -0.2) is 37.2 Å². The van der Waals surface area contributed by atoms with Crippen molar-refractivity contribution in [2.45, 2.75) is 246 Å². The van der Waals surface area contributed by atoms with E-state index in [0.717, 1.165) is 63.7 Å². The van der Waals surface area contributed by atoms with Crippen molar-refractivity contribution in [1.29, 1.82) is 0 Å². The molecular weight excluding hydrogens is 624 g/mol. The van der Waals surface area contributed by atoms with E-state index in [9.17, 15) is 14.4 Å². The van der Waals surface area contributed by atoms with Crippen molar-refractivity contribution in [3.8, 4) is 0 Å². The Kier molecular flexibility index (Phi) is 37.4. The van der Waals surface area contributed by atoms with Crippen LogP contribution in [0.25, 0.3) is 0 Å². The lowest BCUT2D eigenvalue weighted by molar-refractivity contribution is -0.167. The quantitative estimate of drug-likeness (QED) is 0.0359. The molecule has 6 heteroatoms. The highest BCUT2D eigenvalue weighted by molar-refractivity contribution is 5.71. The molecule has 0 saturated heterocycles. The minimum atomic E-state index is -0.758. The van der Waals surface area contributed by atoms with Gasteiger partial charge in [-0.1, -0.05) is 201 Å². The van der Waals surface area contributed by atoms with Crippen LogP contribution in [0.4, 0.5) is 0 Å². The predicted molar refractivity (Wildman–Crippen MR) is 210 cm³/mol. The smallest absolute Gasteiger partial charge is 0.306 e. The Morgan fingerprint density at radius 1 is 0.400 bits per heavy atom. The monoisotopic (exact) mass is 709 g/mol. The lowest BCUT2D eigenvalue weighted by Gasteiger charge is -2.18. The van der Waals surface area contributed by atoms with Crippen molar-refractivity contribution >= 4 is 17.9 Å². The van der Waals surface area contributed by atoms with E-state index in [1.54, 1.807) is 0 Å². The summed E-state index contributed by atoms with van der Waals surface area (Å²) in [5.74, 6) is -0.0464. The van der Waals surface area contributed by atoms with Crippen LogP contribution < -0.4 is 0 Å². The minimum absolute atomic E-state index is 0.0647. The summed E-state index contributed by atoms with van der Waals surface area (Å²) in [6.07, 6.45) is 36.5. The van der Waals surface area contributed by atoms with Gasteiger partial charge in [-0.15, -0.1) is 0 Å². The first-order valence-corrected chi connectivity index (χ1v) is 21.9. The first kappa shape index (κ1) is 48.4. The Morgan fingerprint density at radius 2 is 0.700 bits per heavy atom. The lowest BCUT2D eigenvalue weighted by atomic mass is 10.00. The molecule has 0 spiro atoms. The fraction of sp³-hybridized carbons (Fsp3) is 0.932. The van der Waals surface area contributed by atoms with E-state index in [2.05, 4.69) is 27.7 Å². The highest BCUT2D eigenvalue weighted by Gasteiger charge is 2.19. The van der Waals surface area contributed by atoms with E-state index in [0.29, 0.717) is 19.3 Å². The third-order valence-corrected chi connectivity index (χ3v) is 10.2. The van der Waals surface area contributed by atoms with Crippen LogP contribution in [0.15, 0.2) is 0 Å². The van der Waals surface area contributed by atoms with Crippen LogP contribution >= 0.6 is 0 Å². The van der Waals surface area contributed by atoms with Gasteiger partial charge < -0.3 is 14.2 Å². The Morgan fingerprint density at radius 3 is 1.04 bits per heavy atom. The molecule has 0 bridgehead atoms. The van der Waals surface area contributed by atoms with E-state index >= 15 is 0 Å². The summed E-state index contributed by atoms with van der Waals surface area (Å²) in [6.45, 7) is 8.94. The van der Waals surface area contributed by atoms with Crippen molar-refractivity contribution in [3.63, 3.8) is 0 Å². The molecule has 0 aliphatic carbocycles. The van der Waals surface area contributed by atoms with Gasteiger partial charge in [-0.25, -0.2) is 0 Å². The molecule has 0 amide bonds. The van der Waals surface area contributed by atoms with E-state index in [1.165, 1.54) is 135 Å². The molecule has 296 valence electrons. The molecule has 2 atom stereocenters. The topological polar surface area (TPSA) is 78.9 Å². The van der Waals surface area contributed by atoms with Gasteiger partial charge in [0, 0.05) is 19.3 Å². The molecule has 0 aliphatic heterocycles. The number of ether oxygens (including phenoxy) is 3. The van der Waals surface area contributed by atoms with Gasteiger partial charge >= 0.3 is 17.9 Å². The number of unbranched alkanes of at least 4 members (excludes halogenated alkanes) is 25. The summed E-state index contributed by atoms with van der Waals surface area (Å²) in [6, 6.07) is 0. The zero-order chi connectivity index (χ0) is 36.8. The summed E-state index contributed by atoms with van der Waals surface area (Å²) in [5, 5.41) is 0. The second-order valence-corrected chi connectivity index (χ2v) is 15.2. The molecule has 0 heterocycles. The van der Waals surface area contributed by atoms with Gasteiger partial charge in [0.25, 0.3) is 0 Å². The number of hydrogen-bond donors (Lipinski definition) is 0. The van der Waals surface area contributed by atoms with Crippen molar-refractivity contribution in [1.82, 2.24) is 0 Å². The highest BCUT2D eigenvalue weighted by Crippen LogP contribution is 2.16. The van der Waals surface area contributed by atoms with Gasteiger partial charge in [0.2, 0.25) is 0 Å². The second-order valence-electron chi connectivity index (χ2n) is 15.2. The van der Waals surface area contributed by atoms with Crippen molar-refractivity contribution < 1.29 is 28.6 Å². The summed E-state index contributed by atoms with van der Waals surface area (Å²) in [4.78, 5) is 37.6. The zero-order valence-electron chi connectivity index (χ0n) is 33.9. The maximum atomic E-state index is 12.6. The molecule has 50 heavy (non-hydrogen) atoms. The summed E-state index contributed by atoms with van der Waals surface area (Å²) in [5.41, 5.74) is 0. The normalized spacial score (nSPS) is 12.5. The van der Waals surface area contributed by atoms with Crippen molar-refractivity contribution in [3.05, 3.63) is 0 Å². The number of esters is 3. The molecule has 0 aliphatic rings. The zero-order valence-corrected chi connectivity index (χ0v) is 33.9.